The predicted molar refractivity (Wildman–Crippen MR) is 172 cm³/mol. The van der Waals surface area contributed by atoms with E-state index in [1.165, 1.54) is 172 Å². The van der Waals surface area contributed by atoms with E-state index < -0.39 is 0 Å². The summed E-state index contributed by atoms with van der Waals surface area (Å²) in [5.41, 5.74) is 12.8. The Bertz CT molecular complexity index is 414. The van der Waals surface area contributed by atoms with Crippen LogP contribution in [0.15, 0.2) is 0 Å². The molecule has 0 aromatic heterocycles. The highest BCUT2D eigenvalue weighted by molar-refractivity contribution is 5.85. The first-order chi connectivity index (χ1) is 17.1. The monoisotopic (exact) mass is 601 g/mol. The molecule has 3 nitrogen and oxygen atoms in total. The first-order valence-electron chi connectivity index (χ1n) is 16.5. The first-order valence-corrected chi connectivity index (χ1v) is 16.5. The van der Waals surface area contributed by atoms with Gasteiger partial charge in [0.15, 0.2) is 0 Å². The maximum atomic E-state index is 6.39. The van der Waals surface area contributed by atoms with Crippen LogP contribution in [-0.4, -0.2) is 42.7 Å². The van der Waals surface area contributed by atoms with Crippen molar-refractivity contribution in [2.24, 2.45) is 11.5 Å². The van der Waals surface area contributed by atoms with Crippen molar-refractivity contribution in [3.63, 3.8) is 0 Å². The van der Waals surface area contributed by atoms with Gasteiger partial charge < -0.3 is 28.4 Å². The third-order valence-electron chi connectivity index (χ3n) is 8.72. The summed E-state index contributed by atoms with van der Waals surface area (Å²) in [7, 11) is 0. The Morgan fingerprint density at radius 2 is 0.632 bits per heavy atom. The fourth-order valence-corrected chi connectivity index (χ4v) is 6.29. The van der Waals surface area contributed by atoms with Gasteiger partial charge in [0.1, 0.15) is 0 Å². The minimum Gasteiger partial charge on any atom is -1.00 e. The topological polar surface area (TPSA) is 52.0 Å². The molecular weight excluding hydrogens is 533 g/mol. The van der Waals surface area contributed by atoms with Gasteiger partial charge in [-0.1, -0.05) is 142 Å². The Morgan fingerprint density at radius 3 is 0.868 bits per heavy atom. The van der Waals surface area contributed by atoms with Crippen LogP contribution in [0.5, 0.6) is 0 Å². The lowest BCUT2D eigenvalue weighted by molar-refractivity contribution is -0.917. The van der Waals surface area contributed by atoms with Gasteiger partial charge in [0.25, 0.3) is 0 Å². The van der Waals surface area contributed by atoms with Crippen LogP contribution >= 0.6 is 24.8 Å². The van der Waals surface area contributed by atoms with Crippen molar-refractivity contribution in [2.75, 3.05) is 26.2 Å². The molecule has 0 bridgehead atoms. The molecule has 1 aliphatic rings. The number of hydrogen-bond acceptors (Lipinski definition) is 2. The van der Waals surface area contributed by atoms with E-state index in [0.29, 0.717) is 0 Å². The molecule has 0 spiro atoms. The van der Waals surface area contributed by atoms with E-state index in [9.17, 15) is 0 Å². The molecule has 0 radical (unpaired) electrons. The summed E-state index contributed by atoms with van der Waals surface area (Å²) in [6.45, 7) is 9.48. The van der Waals surface area contributed by atoms with E-state index in [4.69, 9.17) is 11.5 Å². The van der Waals surface area contributed by atoms with Crippen molar-refractivity contribution < 1.29 is 16.9 Å². The molecule has 6 heteroatoms. The number of hydrogen-bond donors (Lipinski definition) is 2. The quantitative estimate of drug-likeness (QED) is 0.0853. The van der Waals surface area contributed by atoms with Crippen LogP contribution in [0.2, 0.25) is 0 Å². The SMILES string of the molecule is CCCCCCCCCCCCCC[N+]1(CCCCCCCCCCCCCC)C[C@H](N)[C@@H](N)C1.Cl.Cl.[Cl-]. The highest BCUT2D eigenvalue weighted by Gasteiger charge is 2.40. The number of quaternary nitrogens is 1. The van der Waals surface area contributed by atoms with Crippen LogP contribution < -0.4 is 23.9 Å². The smallest absolute Gasteiger partial charge is 0.0958 e. The summed E-state index contributed by atoms with van der Waals surface area (Å²) in [4.78, 5) is 0. The first kappa shape index (κ1) is 43.2. The van der Waals surface area contributed by atoms with E-state index in [2.05, 4.69) is 13.8 Å². The van der Waals surface area contributed by atoms with E-state index in [-0.39, 0.29) is 49.3 Å². The van der Waals surface area contributed by atoms with Gasteiger partial charge in [-0.2, -0.15) is 0 Å². The maximum absolute atomic E-state index is 6.39. The van der Waals surface area contributed by atoms with E-state index in [1.54, 1.807) is 0 Å². The average Bonchev–Trinajstić information content (AvgIpc) is 3.13. The number of rotatable bonds is 26. The summed E-state index contributed by atoms with van der Waals surface area (Å²) in [5.74, 6) is 0. The molecule has 1 heterocycles. The zero-order valence-corrected chi connectivity index (χ0v) is 28.1. The zero-order valence-electron chi connectivity index (χ0n) is 25.8. The van der Waals surface area contributed by atoms with Crippen LogP contribution in [0, 0.1) is 0 Å². The molecule has 0 amide bonds. The Kier molecular flexibility index (Phi) is 34.9. The maximum Gasteiger partial charge on any atom is 0.0958 e. The minimum absolute atomic E-state index is 0. The summed E-state index contributed by atoms with van der Waals surface area (Å²) >= 11 is 0. The molecule has 2 atom stereocenters. The van der Waals surface area contributed by atoms with Crippen LogP contribution in [0.4, 0.5) is 0 Å². The van der Waals surface area contributed by atoms with Gasteiger partial charge in [-0.05, 0) is 25.7 Å². The Balaban J connectivity index is -0.00000408. The molecule has 1 fully saturated rings. The molecule has 4 N–H and O–H groups in total. The molecule has 1 rings (SSSR count). The van der Waals surface area contributed by atoms with E-state index in [0.717, 1.165) is 13.1 Å². The van der Waals surface area contributed by atoms with Crippen LogP contribution in [-0.2, 0) is 0 Å². The van der Waals surface area contributed by atoms with Crippen LogP contribution in [0.25, 0.3) is 0 Å². The van der Waals surface area contributed by atoms with Crippen molar-refractivity contribution in [1.82, 2.24) is 0 Å². The van der Waals surface area contributed by atoms with E-state index >= 15 is 0 Å². The number of likely N-dealkylation sites (tertiary alicyclic amines) is 1. The number of unbranched alkanes of at least 4 members (excludes halogenated alkanes) is 22. The van der Waals surface area contributed by atoms with Gasteiger partial charge in [0.2, 0.25) is 0 Å². The van der Waals surface area contributed by atoms with Crippen LogP contribution in [0.1, 0.15) is 168 Å². The lowest BCUT2D eigenvalue weighted by Crippen LogP contribution is -3.00. The van der Waals surface area contributed by atoms with Crippen molar-refractivity contribution in [3.8, 4) is 0 Å². The van der Waals surface area contributed by atoms with Crippen molar-refractivity contribution in [3.05, 3.63) is 0 Å². The molecule has 38 heavy (non-hydrogen) atoms. The molecule has 0 aromatic carbocycles. The Hall–Kier alpha value is 0.750. The lowest BCUT2D eigenvalue weighted by Gasteiger charge is -2.35. The normalized spacial score (nSPS) is 18.0. The third-order valence-corrected chi connectivity index (χ3v) is 8.72. The summed E-state index contributed by atoms with van der Waals surface area (Å²) < 4.78 is 1.22. The summed E-state index contributed by atoms with van der Waals surface area (Å²) in [6.07, 6.45) is 34.3. The Morgan fingerprint density at radius 1 is 0.421 bits per heavy atom. The minimum atomic E-state index is 0. The highest BCUT2D eigenvalue weighted by atomic mass is 35.5. The summed E-state index contributed by atoms with van der Waals surface area (Å²) in [5, 5.41) is 0. The molecule has 1 aliphatic heterocycles. The van der Waals surface area contributed by atoms with E-state index in [1.807, 2.05) is 0 Å². The third kappa shape index (κ3) is 23.5. The van der Waals surface area contributed by atoms with Gasteiger partial charge in [-0.15, -0.1) is 24.8 Å². The second kappa shape index (κ2) is 30.7. The number of halogens is 3. The second-order valence-electron chi connectivity index (χ2n) is 12.3. The second-order valence-corrected chi connectivity index (χ2v) is 12.3. The van der Waals surface area contributed by atoms with Gasteiger partial charge >= 0.3 is 0 Å². The summed E-state index contributed by atoms with van der Waals surface area (Å²) in [6, 6.07) is 0.425. The predicted octanol–water partition coefficient (Wildman–Crippen LogP) is 6.72. The number of nitrogens with zero attached hydrogens (tertiary/aromatic N) is 1. The highest BCUT2D eigenvalue weighted by Crippen LogP contribution is 2.23. The largest absolute Gasteiger partial charge is 1.00 e. The van der Waals surface area contributed by atoms with Gasteiger partial charge in [-0.3, -0.25) is 0 Å². The average molecular weight is 603 g/mol. The zero-order chi connectivity index (χ0) is 25.5. The molecule has 0 aromatic rings. The van der Waals surface area contributed by atoms with Crippen molar-refractivity contribution in [1.29, 1.82) is 0 Å². The standard InChI is InChI=1S/C32H68N3.3ClH/c1-3-5-7-9-11-13-15-17-19-21-23-25-27-35(29-31(33)32(34)30-35)28-26-24-22-20-18-16-14-12-10-8-6-4-2;;;/h31-32H,3-30,33-34H2,1-2H3;3*1H/q+1;;;/p-1/t31-,32-;;;/m0.../s1. The molecule has 0 saturated carbocycles. The molecular formula is C32H70Cl3N3. The van der Waals surface area contributed by atoms with Gasteiger partial charge in [0.05, 0.1) is 38.3 Å². The number of nitrogens with two attached hydrogens (primary N) is 2. The lowest BCUT2D eigenvalue weighted by atomic mass is 10.0. The Labute approximate surface area is 258 Å². The van der Waals surface area contributed by atoms with Gasteiger partial charge in [-0.25, -0.2) is 0 Å². The van der Waals surface area contributed by atoms with Crippen molar-refractivity contribution in [2.45, 2.75) is 180 Å². The van der Waals surface area contributed by atoms with Crippen LogP contribution in [0.3, 0.4) is 0 Å². The van der Waals surface area contributed by atoms with Gasteiger partial charge in [0, 0.05) is 0 Å². The fourth-order valence-electron chi connectivity index (χ4n) is 6.29. The molecule has 0 unspecified atom stereocenters. The molecule has 234 valence electrons. The molecule has 0 aliphatic carbocycles. The molecule has 1 saturated heterocycles. The fraction of sp³-hybridized carbons (Fsp3) is 1.00. The van der Waals surface area contributed by atoms with Crippen molar-refractivity contribution >= 4 is 24.8 Å².